The lowest BCUT2D eigenvalue weighted by molar-refractivity contribution is -0.136. The molecule has 0 radical (unpaired) electrons. The fourth-order valence-corrected chi connectivity index (χ4v) is 4.42. The Bertz CT molecular complexity index is 667. The average Bonchev–Trinajstić information content (AvgIpc) is 2.52. The van der Waals surface area contributed by atoms with E-state index < -0.39 is 27.4 Å². The van der Waals surface area contributed by atoms with Crippen LogP contribution in [0.25, 0.3) is 0 Å². The summed E-state index contributed by atoms with van der Waals surface area (Å²) in [6, 6.07) is 5.03. The molecule has 0 aliphatic rings. The third-order valence-corrected chi connectivity index (χ3v) is 5.42. The number of sulfonamides is 1. The molecule has 136 valence electrons. The molecule has 1 rings (SSSR count). The summed E-state index contributed by atoms with van der Waals surface area (Å²) >= 11 is 0. The summed E-state index contributed by atoms with van der Waals surface area (Å²) in [7, 11) is -2.50. The van der Waals surface area contributed by atoms with Crippen LogP contribution in [0, 0.1) is 5.41 Å². The molecule has 1 amide bonds. The molecule has 0 unspecified atom stereocenters. The Labute approximate surface area is 143 Å². The van der Waals surface area contributed by atoms with Crippen LogP contribution in [-0.2, 0) is 14.8 Å². The number of carbonyl (C=O) groups is 1. The molecule has 0 spiro atoms. The molecule has 0 saturated heterocycles. The van der Waals surface area contributed by atoms with Crippen LogP contribution < -0.4 is 10.2 Å². The minimum atomic E-state index is -3.95. The lowest BCUT2D eigenvalue weighted by Gasteiger charge is -2.37. The Balaban J connectivity index is 3.47. The van der Waals surface area contributed by atoms with E-state index in [-0.39, 0.29) is 11.4 Å². The van der Waals surface area contributed by atoms with E-state index >= 15 is 0 Å². The summed E-state index contributed by atoms with van der Waals surface area (Å²) in [6.07, 6.45) is 0.522. The zero-order valence-corrected chi connectivity index (χ0v) is 15.6. The van der Waals surface area contributed by atoms with Crippen molar-refractivity contribution in [1.29, 1.82) is 0 Å². The number of ether oxygens (including phenoxy) is 1. The summed E-state index contributed by atoms with van der Waals surface area (Å²) in [5.74, 6) is -0.353. The van der Waals surface area contributed by atoms with Crippen molar-refractivity contribution in [2.75, 3.05) is 13.7 Å². The van der Waals surface area contributed by atoms with Gasteiger partial charge in [-0.25, -0.2) is 13.9 Å². The largest absolute Gasteiger partial charge is 0.497 e. The third kappa shape index (κ3) is 4.46. The highest BCUT2D eigenvalue weighted by Crippen LogP contribution is 2.30. The smallest absolute Gasteiger partial charge is 0.262 e. The van der Waals surface area contributed by atoms with Crippen LogP contribution in [0.2, 0.25) is 0 Å². The second kappa shape index (κ2) is 7.96. The number of hydrogen-bond donors (Lipinski definition) is 2. The minimum Gasteiger partial charge on any atom is -0.497 e. The summed E-state index contributed by atoms with van der Waals surface area (Å²) in [5, 5.41) is 9.06. The molecule has 24 heavy (non-hydrogen) atoms. The van der Waals surface area contributed by atoms with Gasteiger partial charge in [0.05, 0.1) is 12.0 Å². The highest BCUT2D eigenvalue weighted by molar-refractivity contribution is 7.89. The van der Waals surface area contributed by atoms with Crippen LogP contribution in [0.4, 0.5) is 0 Å². The summed E-state index contributed by atoms with van der Waals surface area (Å²) in [4.78, 5) is 12.2. The molecule has 0 aliphatic carbocycles. The van der Waals surface area contributed by atoms with Gasteiger partial charge in [0.2, 0.25) is 10.0 Å². The predicted molar refractivity (Wildman–Crippen MR) is 90.3 cm³/mol. The van der Waals surface area contributed by atoms with Gasteiger partial charge in [-0.1, -0.05) is 33.8 Å². The maximum absolute atomic E-state index is 13.1. The van der Waals surface area contributed by atoms with Gasteiger partial charge in [0, 0.05) is 12.6 Å². The van der Waals surface area contributed by atoms with Gasteiger partial charge < -0.3 is 4.74 Å². The van der Waals surface area contributed by atoms with Gasteiger partial charge in [-0.2, -0.15) is 4.31 Å². The van der Waals surface area contributed by atoms with E-state index in [4.69, 9.17) is 9.94 Å². The highest BCUT2D eigenvalue weighted by atomic mass is 32.2. The van der Waals surface area contributed by atoms with Crippen molar-refractivity contribution in [3.05, 3.63) is 24.3 Å². The fourth-order valence-electron chi connectivity index (χ4n) is 2.52. The fraction of sp³-hybridized carbons (Fsp3) is 0.562. The zero-order valence-electron chi connectivity index (χ0n) is 14.7. The lowest BCUT2D eigenvalue weighted by Crippen LogP contribution is -2.55. The Morgan fingerprint density at radius 2 is 2.00 bits per heavy atom. The normalized spacial score (nSPS) is 13.6. The first kappa shape index (κ1) is 20.4. The molecule has 0 fully saturated rings. The molecule has 7 nitrogen and oxygen atoms in total. The summed E-state index contributed by atoms with van der Waals surface area (Å²) in [5.41, 5.74) is 0.873. The third-order valence-electron chi connectivity index (χ3n) is 3.56. The molecule has 1 aromatic rings. The predicted octanol–water partition coefficient (Wildman–Crippen LogP) is 2.02. The van der Waals surface area contributed by atoms with Crippen LogP contribution in [0.5, 0.6) is 5.75 Å². The van der Waals surface area contributed by atoms with Crippen LogP contribution >= 0.6 is 0 Å². The van der Waals surface area contributed by atoms with Crippen LogP contribution in [0.3, 0.4) is 0 Å². The van der Waals surface area contributed by atoms with Crippen molar-refractivity contribution in [3.63, 3.8) is 0 Å². The molecule has 8 heteroatoms. The van der Waals surface area contributed by atoms with Gasteiger partial charge in [-0.3, -0.25) is 10.0 Å². The first-order chi connectivity index (χ1) is 11.1. The number of carbonyl (C=O) groups excluding carboxylic acids is 1. The van der Waals surface area contributed by atoms with Crippen molar-refractivity contribution in [3.8, 4) is 5.75 Å². The van der Waals surface area contributed by atoms with Crippen molar-refractivity contribution in [1.82, 2.24) is 9.79 Å². The van der Waals surface area contributed by atoms with Gasteiger partial charge in [0.25, 0.3) is 5.91 Å². The molecule has 0 aliphatic heterocycles. The Kier molecular flexibility index (Phi) is 6.76. The minimum absolute atomic E-state index is 0.0373. The topological polar surface area (TPSA) is 95.9 Å². The molecule has 1 aromatic carbocycles. The van der Waals surface area contributed by atoms with E-state index in [1.165, 1.54) is 19.2 Å². The van der Waals surface area contributed by atoms with Crippen LogP contribution in [0.1, 0.15) is 34.1 Å². The lowest BCUT2D eigenvalue weighted by atomic mass is 9.86. The number of rotatable bonds is 7. The molecular formula is C16H26N2O5S. The number of hydroxylamine groups is 1. The zero-order chi connectivity index (χ0) is 18.5. The Hall–Kier alpha value is -1.64. The van der Waals surface area contributed by atoms with Gasteiger partial charge in [-0.05, 0) is 24.0 Å². The second-order valence-corrected chi connectivity index (χ2v) is 8.43. The van der Waals surface area contributed by atoms with E-state index in [1.54, 1.807) is 38.4 Å². The maximum Gasteiger partial charge on any atom is 0.262 e. The van der Waals surface area contributed by atoms with E-state index in [0.717, 1.165) is 4.31 Å². The van der Waals surface area contributed by atoms with Gasteiger partial charge in [0.15, 0.2) is 0 Å². The van der Waals surface area contributed by atoms with Gasteiger partial charge in [0.1, 0.15) is 11.8 Å². The first-order valence-electron chi connectivity index (χ1n) is 7.69. The number of benzene rings is 1. The van der Waals surface area contributed by atoms with Crippen molar-refractivity contribution >= 4 is 15.9 Å². The van der Waals surface area contributed by atoms with E-state index in [1.807, 2.05) is 6.92 Å². The molecule has 0 bridgehead atoms. The van der Waals surface area contributed by atoms with Crippen LogP contribution in [0.15, 0.2) is 29.2 Å². The molecule has 1 atom stereocenters. The summed E-state index contributed by atoms with van der Waals surface area (Å²) < 4.78 is 32.4. The quantitative estimate of drug-likeness (QED) is 0.574. The van der Waals surface area contributed by atoms with Crippen molar-refractivity contribution in [2.24, 2.45) is 5.41 Å². The molecule has 0 saturated carbocycles. The molecule has 0 heterocycles. The second-order valence-electron chi connectivity index (χ2n) is 6.54. The molecule has 2 N–H and O–H groups in total. The molecular weight excluding hydrogens is 332 g/mol. The standard InChI is InChI=1S/C16H26N2O5S/c1-6-10-18(14(15(19)17-20)16(2,3)4)24(21,22)13-9-7-8-12(11-13)23-5/h7-9,11,14,20H,6,10H2,1-5H3,(H,17,19)/t14-/m0/s1. The number of amides is 1. The van der Waals surface area contributed by atoms with Crippen LogP contribution in [-0.4, -0.2) is 43.5 Å². The van der Waals surface area contributed by atoms with E-state index in [0.29, 0.717) is 12.2 Å². The number of hydrogen-bond acceptors (Lipinski definition) is 5. The maximum atomic E-state index is 13.1. The van der Waals surface area contributed by atoms with E-state index in [2.05, 4.69) is 0 Å². The molecule has 0 aromatic heterocycles. The SMILES string of the molecule is CCCN([C@@H](C(=O)NO)C(C)(C)C)S(=O)(=O)c1cccc(OC)c1. The Morgan fingerprint density at radius 1 is 1.38 bits per heavy atom. The van der Waals surface area contributed by atoms with Crippen molar-refractivity contribution in [2.45, 2.75) is 45.1 Å². The monoisotopic (exact) mass is 358 g/mol. The highest BCUT2D eigenvalue weighted by Gasteiger charge is 2.42. The average molecular weight is 358 g/mol. The van der Waals surface area contributed by atoms with E-state index in [9.17, 15) is 13.2 Å². The van der Waals surface area contributed by atoms with Gasteiger partial charge in [-0.15, -0.1) is 0 Å². The first-order valence-corrected chi connectivity index (χ1v) is 9.13. The number of nitrogens with zero attached hydrogens (tertiary/aromatic N) is 1. The Morgan fingerprint density at radius 3 is 2.46 bits per heavy atom. The summed E-state index contributed by atoms with van der Waals surface area (Å²) in [6.45, 7) is 7.21. The number of methoxy groups -OCH3 is 1. The number of nitrogens with one attached hydrogen (secondary N) is 1. The van der Waals surface area contributed by atoms with Gasteiger partial charge >= 0.3 is 0 Å². The van der Waals surface area contributed by atoms with Crippen molar-refractivity contribution < 1.29 is 23.2 Å².